The molecule has 0 aliphatic heterocycles. The van der Waals surface area contributed by atoms with Crippen molar-refractivity contribution in [3.8, 4) is 0 Å². The van der Waals surface area contributed by atoms with E-state index in [0.717, 1.165) is 51.4 Å². The minimum absolute atomic E-state index is 0.0765. The topological polar surface area (TPSA) is 95.9 Å². The standard InChI is InChI=1S/C55H105NO5/c1-4-7-10-13-16-19-22-24-26-27-28-29-31-33-36-39-42-45-48-55(60)61-51(46-43-40-37-34-21-18-15-12-9-6-3)49-54(59)56-52(50-57)53(58)47-44-41-38-35-32-30-25-23-20-17-14-11-8-5-2/h26-29,51-53,57-58H,4-25,30-50H2,1-3H3,(H,56,59)/b27-26+,29-28+. The van der Waals surface area contributed by atoms with E-state index in [1.54, 1.807) is 0 Å². The van der Waals surface area contributed by atoms with Crippen molar-refractivity contribution in [1.29, 1.82) is 0 Å². The lowest BCUT2D eigenvalue weighted by molar-refractivity contribution is -0.151. The Labute approximate surface area is 380 Å². The molecular formula is C55H105NO5. The third-order valence-electron chi connectivity index (χ3n) is 12.6. The second-order valence-electron chi connectivity index (χ2n) is 18.7. The normalized spacial score (nSPS) is 13.3. The smallest absolute Gasteiger partial charge is 0.306 e. The van der Waals surface area contributed by atoms with E-state index in [-0.39, 0.29) is 24.9 Å². The minimum Gasteiger partial charge on any atom is -0.462 e. The van der Waals surface area contributed by atoms with Gasteiger partial charge < -0.3 is 20.3 Å². The van der Waals surface area contributed by atoms with Gasteiger partial charge in [0.1, 0.15) is 6.10 Å². The molecule has 0 heterocycles. The number of carbonyl (C=O) groups excluding carboxylic acids is 2. The zero-order chi connectivity index (χ0) is 44.5. The Bertz CT molecular complexity index is 966. The summed E-state index contributed by atoms with van der Waals surface area (Å²) >= 11 is 0. The lowest BCUT2D eigenvalue weighted by Gasteiger charge is -2.24. The van der Waals surface area contributed by atoms with Gasteiger partial charge in [-0.15, -0.1) is 0 Å². The molecule has 1 amide bonds. The summed E-state index contributed by atoms with van der Waals surface area (Å²) in [4.78, 5) is 26.1. The first kappa shape index (κ1) is 59.3. The number of aliphatic hydroxyl groups is 2. The Kier molecular flexibility index (Phi) is 48.0. The van der Waals surface area contributed by atoms with Gasteiger partial charge in [-0.1, -0.05) is 251 Å². The van der Waals surface area contributed by atoms with Crippen molar-refractivity contribution in [3.63, 3.8) is 0 Å². The maximum Gasteiger partial charge on any atom is 0.306 e. The highest BCUT2D eigenvalue weighted by molar-refractivity contribution is 5.77. The van der Waals surface area contributed by atoms with Crippen LogP contribution in [0.15, 0.2) is 24.3 Å². The van der Waals surface area contributed by atoms with Crippen molar-refractivity contribution in [2.45, 2.75) is 309 Å². The van der Waals surface area contributed by atoms with E-state index in [1.807, 2.05) is 0 Å². The average Bonchev–Trinajstić information content (AvgIpc) is 3.25. The Morgan fingerprint density at radius 2 is 0.820 bits per heavy atom. The fourth-order valence-electron chi connectivity index (χ4n) is 8.42. The molecule has 0 bridgehead atoms. The summed E-state index contributed by atoms with van der Waals surface area (Å²) in [5.41, 5.74) is 0. The zero-order valence-electron chi connectivity index (χ0n) is 41.1. The summed E-state index contributed by atoms with van der Waals surface area (Å²) in [7, 11) is 0. The van der Waals surface area contributed by atoms with Crippen molar-refractivity contribution in [1.82, 2.24) is 5.32 Å². The largest absolute Gasteiger partial charge is 0.462 e. The van der Waals surface area contributed by atoms with Crippen molar-refractivity contribution >= 4 is 11.9 Å². The van der Waals surface area contributed by atoms with Gasteiger partial charge in [0.2, 0.25) is 5.91 Å². The van der Waals surface area contributed by atoms with Crippen LogP contribution in [0.3, 0.4) is 0 Å². The number of rotatable bonds is 49. The predicted molar refractivity (Wildman–Crippen MR) is 264 cm³/mol. The molecule has 6 heteroatoms. The van der Waals surface area contributed by atoms with Gasteiger partial charge in [0.25, 0.3) is 0 Å². The third kappa shape index (κ3) is 44.7. The molecule has 0 rings (SSSR count). The van der Waals surface area contributed by atoms with Gasteiger partial charge in [-0.2, -0.15) is 0 Å². The molecule has 0 aromatic carbocycles. The summed E-state index contributed by atoms with van der Waals surface area (Å²) in [5, 5.41) is 23.8. The number of aliphatic hydroxyl groups excluding tert-OH is 2. The SMILES string of the molecule is CCCCCCCCC/C=C/C=C/CCCCCCCC(=O)OC(CCCCCCCCCCCC)CC(=O)NC(CO)C(O)CCCCCCCCCCCCCCCC. The van der Waals surface area contributed by atoms with Crippen molar-refractivity contribution in [3.05, 3.63) is 24.3 Å². The number of esters is 1. The van der Waals surface area contributed by atoms with Crippen LogP contribution in [-0.4, -0.2) is 46.9 Å². The van der Waals surface area contributed by atoms with Crippen LogP contribution in [-0.2, 0) is 14.3 Å². The third-order valence-corrected chi connectivity index (χ3v) is 12.6. The summed E-state index contributed by atoms with van der Waals surface area (Å²) < 4.78 is 5.93. The van der Waals surface area contributed by atoms with E-state index in [2.05, 4.69) is 50.4 Å². The lowest BCUT2D eigenvalue weighted by atomic mass is 10.0. The molecule has 0 radical (unpaired) electrons. The first-order valence-electron chi connectivity index (χ1n) is 27.1. The second kappa shape index (κ2) is 49.4. The van der Waals surface area contributed by atoms with Gasteiger partial charge in [-0.05, 0) is 51.4 Å². The number of hydrogen-bond acceptors (Lipinski definition) is 5. The lowest BCUT2D eigenvalue weighted by Crippen LogP contribution is -2.46. The molecule has 0 aliphatic rings. The second-order valence-corrected chi connectivity index (χ2v) is 18.7. The molecule has 0 aromatic heterocycles. The maximum atomic E-state index is 13.2. The van der Waals surface area contributed by atoms with Crippen LogP contribution in [0.1, 0.15) is 290 Å². The Balaban J connectivity index is 4.47. The van der Waals surface area contributed by atoms with Gasteiger partial charge in [0.15, 0.2) is 0 Å². The Morgan fingerprint density at radius 1 is 0.475 bits per heavy atom. The van der Waals surface area contributed by atoms with Gasteiger partial charge in [0.05, 0.1) is 25.2 Å². The molecule has 0 saturated carbocycles. The van der Waals surface area contributed by atoms with Crippen molar-refractivity contribution in [2.24, 2.45) is 0 Å². The molecule has 0 spiro atoms. The summed E-state index contributed by atoms with van der Waals surface area (Å²) in [6.07, 6.45) is 56.7. The molecule has 0 aromatic rings. The minimum atomic E-state index is -0.786. The molecule has 6 nitrogen and oxygen atoms in total. The van der Waals surface area contributed by atoms with Crippen LogP contribution in [0.5, 0.6) is 0 Å². The number of ether oxygens (including phenoxy) is 1. The van der Waals surface area contributed by atoms with E-state index in [1.165, 1.54) is 193 Å². The van der Waals surface area contributed by atoms with Gasteiger partial charge in [-0.25, -0.2) is 0 Å². The van der Waals surface area contributed by atoms with Crippen LogP contribution in [0.2, 0.25) is 0 Å². The molecule has 360 valence electrons. The molecule has 3 atom stereocenters. The molecule has 3 N–H and O–H groups in total. The molecule has 61 heavy (non-hydrogen) atoms. The van der Waals surface area contributed by atoms with Crippen LogP contribution in [0, 0.1) is 0 Å². The first-order valence-corrected chi connectivity index (χ1v) is 27.1. The summed E-state index contributed by atoms with van der Waals surface area (Å²) in [6.45, 7) is 6.49. The molecule has 0 saturated heterocycles. The number of nitrogens with one attached hydrogen (secondary N) is 1. The van der Waals surface area contributed by atoms with Gasteiger partial charge in [-0.3, -0.25) is 9.59 Å². The van der Waals surface area contributed by atoms with Gasteiger partial charge >= 0.3 is 5.97 Å². The highest BCUT2D eigenvalue weighted by Crippen LogP contribution is 2.18. The van der Waals surface area contributed by atoms with E-state index in [4.69, 9.17) is 4.74 Å². The van der Waals surface area contributed by atoms with Crippen LogP contribution < -0.4 is 5.32 Å². The number of allylic oxidation sites excluding steroid dienone is 4. The number of hydrogen-bond donors (Lipinski definition) is 3. The Hall–Kier alpha value is -1.66. The summed E-state index contributed by atoms with van der Waals surface area (Å²) in [5.74, 6) is -0.478. The predicted octanol–water partition coefficient (Wildman–Crippen LogP) is 16.3. The van der Waals surface area contributed by atoms with Crippen LogP contribution >= 0.6 is 0 Å². The average molecular weight is 860 g/mol. The fraction of sp³-hybridized carbons (Fsp3) is 0.891. The fourth-order valence-corrected chi connectivity index (χ4v) is 8.42. The number of amides is 1. The van der Waals surface area contributed by atoms with E-state index < -0.39 is 18.2 Å². The monoisotopic (exact) mass is 860 g/mol. The number of carbonyl (C=O) groups is 2. The molecule has 0 aliphatic carbocycles. The zero-order valence-corrected chi connectivity index (χ0v) is 41.1. The highest BCUT2D eigenvalue weighted by atomic mass is 16.5. The number of unbranched alkanes of at least 4 members (excludes halogenated alkanes) is 34. The van der Waals surface area contributed by atoms with Crippen LogP contribution in [0.4, 0.5) is 0 Å². The maximum absolute atomic E-state index is 13.2. The molecule has 0 fully saturated rings. The van der Waals surface area contributed by atoms with Crippen LogP contribution in [0.25, 0.3) is 0 Å². The van der Waals surface area contributed by atoms with Crippen molar-refractivity contribution in [2.75, 3.05) is 6.61 Å². The van der Waals surface area contributed by atoms with Gasteiger partial charge in [0, 0.05) is 6.42 Å². The highest BCUT2D eigenvalue weighted by Gasteiger charge is 2.24. The Morgan fingerprint density at radius 3 is 1.21 bits per heavy atom. The molecular weight excluding hydrogens is 755 g/mol. The van der Waals surface area contributed by atoms with Crippen molar-refractivity contribution < 1.29 is 24.5 Å². The van der Waals surface area contributed by atoms with E-state index >= 15 is 0 Å². The first-order chi connectivity index (χ1) is 30.0. The quantitative estimate of drug-likeness (QED) is 0.0322. The van der Waals surface area contributed by atoms with E-state index in [0.29, 0.717) is 19.3 Å². The molecule has 3 unspecified atom stereocenters. The van der Waals surface area contributed by atoms with E-state index in [9.17, 15) is 19.8 Å². The summed E-state index contributed by atoms with van der Waals surface area (Å²) in [6, 6.07) is -0.699.